The number of hydrogen-bond donors (Lipinski definition) is 1. The molecule has 22 heavy (non-hydrogen) atoms. The second kappa shape index (κ2) is 7.00. The average Bonchev–Trinajstić information content (AvgIpc) is 2.52. The Labute approximate surface area is 133 Å². The standard InChI is InChI=1S/C17H15ClO4/c1-21-13-5-3-4-11(8-13)9-15(17(19)20)14-10-12(18)6-7-16(14)22-2/h3-10H,1-2H3,(H,19,20)/b15-9-. The van der Waals surface area contributed by atoms with Crippen LogP contribution in [0.4, 0.5) is 0 Å². The summed E-state index contributed by atoms with van der Waals surface area (Å²) in [5.74, 6) is 0.0286. The summed E-state index contributed by atoms with van der Waals surface area (Å²) in [4.78, 5) is 11.6. The van der Waals surface area contributed by atoms with Crippen LogP contribution in [0.1, 0.15) is 11.1 Å². The first-order valence-corrected chi connectivity index (χ1v) is 6.86. The van der Waals surface area contributed by atoms with Crippen LogP contribution in [0.5, 0.6) is 11.5 Å². The van der Waals surface area contributed by atoms with Gasteiger partial charge in [0, 0.05) is 10.6 Å². The van der Waals surface area contributed by atoms with E-state index in [2.05, 4.69) is 0 Å². The van der Waals surface area contributed by atoms with Gasteiger partial charge in [-0.15, -0.1) is 0 Å². The van der Waals surface area contributed by atoms with Gasteiger partial charge in [0.1, 0.15) is 11.5 Å². The monoisotopic (exact) mass is 318 g/mol. The molecule has 0 aliphatic heterocycles. The number of aliphatic carboxylic acids is 1. The van der Waals surface area contributed by atoms with Gasteiger partial charge in [0.05, 0.1) is 19.8 Å². The predicted molar refractivity (Wildman–Crippen MR) is 86.5 cm³/mol. The summed E-state index contributed by atoms with van der Waals surface area (Å²) in [6.07, 6.45) is 1.55. The number of carbonyl (C=O) groups is 1. The molecule has 0 saturated carbocycles. The Bertz CT molecular complexity index is 722. The number of ether oxygens (including phenoxy) is 2. The predicted octanol–water partition coefficient (Wildman–Crippen LogP) is 3.98. The van der Waals surface area contributed by atoms with Gasteiger partial charge >= 0.3 is 5.97 Å². The highest BCUT2D eigenvalue weighted by Crippen LogP contribution is 2.31. The topological polar surface area (TPSA) is 55.8 Å². The van der Waals surface area contributed by atoms with Crippen LogP contribution >= 0.6 is 11.6 Å². The van der Waals surface area contributed by atoms with Gasteiger partial charge in [-0.25, -0.2) is 4.79 Å². The fraction of sp³-hybridized carbons (Fsp3) is 0.118. The van der Waals surface area contributed by atoms with Gasteiger partial charge in [0.2, 0.25) is 0 Å². The van der Waals surface area contributed by atoms with E-state index in [1.807, 2.05) is 0 Å². The molecule has 0 bridgehead atoms. The van der Waals surface area contributed by atoms with Crippen LogP contribution in [0.15, 0.2) is 42.5 Å². The Kier molecular flexibility index (Phi) is 5.07. The van der Waals surface area contributed by atoms with Crippen molar-refractivity contribution in [1.82, 2.24) is 0 Å². The molecule has 0 aliphatic carbocycles. The van der Waals surface area contributed by atoms with Gasteiger partial charge in [-0.1, -0.05) is 23.7 Å². The summed E-state index contributed by atoms with van der Waals surface area (Å²) in [5, 5.41) is 9.97. The van der Waals surface area contributed by atoms with E-state index in [0.29, 0.717) is 27.6 Å². The van der Waals surface area contributed by atoms with E-state index < -0.39 is 5.97 Å². The zero-order chi connectivity index (χ0) is 16.1. The van der Waals surface area contributed by atoms with Crippen LogP contribution in [0, 0.1) is 0 Å². The summed E-state index contributed by atoms with van der Waals surface area (Å²) < 4.78 is 10.4. The van der Waals surface area contributed by atoms with Gasteiger partial charge in [0.15, 0.2) is 0 Å². The second-order valence-electron chi connectivity index (χ2n) is 4.48. The molecule has 0 heterocycles. The maximum absolute atomic E-state index is 11.6. The van der Waals surface area contributed by atoms with E-state index >= 15 is 0 Å². The first-order chi connectivity index (χ1) is 10.5. The van der Waals surface area contributed by atoms with Gasteiger partial charge in [-0.2, -0.15) is 0 Å². The summed E-state index contributed by atoms with van der Waals surface area (Å²) in [5.41, 5.74) is 1.22. The molecule has 0 aliphatic rings. The molecule has 114 valence electrons. The van der Waals surface area contributed by atoms with Gasteiger partial charge in [-0.05, 0) is 42.0 Å². The highest BCUT2D eigenvalue weighted by atomic mass is 35.5. The normalized spacial score (nSPS) is 11.1. The van der Waals surface area contributed by atoms with Crippen LogP contribution in [0.25, 0.3) is 11.6 Å². The van der Waals surface area contributed by atoms with Crippen molar-refractivity contribution in [2.24, 2.45) is 0 Å². The number of halogens is 1. The molecule has 0 radical (unpaired) electrons. The summed E-state index contributed by atoms with van der Waals surface area (Å²) in [6, 6.07) is 12.0. The summed E-state index contributed by atoms with van der Waals surface area (Å²) >= 11 is 5.98. The zero-order valence-corrected chi connectivity index (χ0v) is 12.9. The quantitative estimate of drug-likeness (QED) is 0.669. The third-order valence-corrected chi connectivity index (χ3v) is 3.32. The first kappa shape index (κ1) is 15.9. The third-order valence-electron chi connectivity index (χ3n) is 3.09. The molecule has 0 saturated heterocycles. The fourth-order valence-electron chi connectivity index (χ4n) is 2.04. The molecular weight excluding hydrogens is 304 g/mol. The Morgan fingerprint density at radius 1 is 1.14 bits per heavy atom. The van der Waals surface area contributed by atoms with Gasteiger partial charge in [-0.3, -0.25) is 0 Å². The van der Waals surface area contributed by atoms with Crippen molar-refractivity contribution in [3.8, 4) is 11.5 Å². The van der Waals surface area contributed by atoms with E-state index in [4.69, 9.17) is 21.1 Å². The number of benzene rings is 2. The number of hydrogen-bond acceptors (Lipinski definition) is 3. The Hall–Kier alpha value is -2.46. The smallest absolute Gasteiger partial charge is 0.336 e. The van der Waals surface area contributed by atoms with Crippen molar-refractivity contribution in [2.75, 3.05) is 14.2 Å². The Morgan fingerprint density at radius 3 is 2.55 bits per heavy atom. The maximum atomic E-state index is 11.6. The first-order valence-electron chi connectivity index (χ1n) is 6.48. The van der Waals surface area contributed by atoms with Crippen molar-refractivity contribution in [3.63, 3.8) is 0 Å². The number of methoxy groups -OCH3 is 2. The molecule has 5 heteroatoms. The molecule has 2 rings (SSSR count). The van der Waals surface area contributed by atoms with Crippen molar-refractivity contribution >= 4 is 29.2 Å². The molecule has 2 aromatic rings. The molecular formula is C17H15ClO4. The largest absolute Gasteiger partial charge is 0.497 e. The molecule has 1 N–H and O–H groups in total. The van der Waals surface area contributed by atoms with Gasteiger partial charge in [0.25, 0.3) is 0 Å². The molecule has 0 fully saturated rings. The van der Waals surface area contributed by atoms with E-state index in [0.717, 1.165) is 0 Å². The minimum absolute atomic E-state index is 0.0904. The SMILES string of the molecule is COc1cccc(/C=C(\C(=O)O)c2cc(Cl)ccc2OC)c1. The third kappa shape index (κ3) is 3.59. The molecule has 0 amide bonds. The maximum Gasteiger partial charge on any atom is 0.336 e. The Morgan fingerprint density at radius 2 is 1.91 bits per heavy atom. The van der Waals surface area contributed by atoms with E-state index in [1.165, 1.54) is 7.11 Å². The van der Waals surface area contributed by atoms with Crippen molar-refractivity contribution in [3.05, 3.63) is 58.6 Å². The second-order valence-corrected chi connectivity index (χ2v) is 4.92. The molecule has 0 atom stereocenters. The van der Waals surface area contributed by atoms with Crippen molar-refractivity contribution in [2.45, 2.75) is 0 Å². The van der Waals surface area contributed by atoms with Crippen molar-refractivity contribution in [1.29, 1.82) is 0 Å². The van der Waals surface area contributed by atoms with E-state index in [1.54, 1.807) is 55.7 Å². The number of carboxylic acids is 1. The van der Waals surface area contributed by atoms with E-state index in [-0.39, 0.29) is 5.57 Å². The van der Waals surface area contributed by atoms with Crippen LogP contribution in [-0.4, -0.2) is 25.3 Å². The highest BCUT2D eigenvalue weighted by molar-refractivity contribution is 6.31. The number of carboxylic acid groups (broad SMARTS) is 1. The summed E-state index contributed by atoms with van der Waals surface area (Å²) in [6.45, 7) is 0. The van der Waals surface area contributed by atoms with Crippen LogP contribution < -0.4 is 9.47 Å². The Balaban J connectivity index is 2.57. The lowest BCUT2D eigenvalue weighted by Gasteiger charge is -2.10. The molecule has 4 nitrogen and oxygen atoms in total. The average molecular weight is 319 g/mol. The van der Waals surface area contributed by atoms with E-state index in [9.17, 15) is 9.90 Å². The van der Waals surface area contributed by atoms with Crippen molar-refractivity contribution < 1.29 is 19.4 Å². The number of rotatable bonds is 5. The summed E-state index contributed by atoms with van der Waals surface area (Å²) in [7, 11) is 3.04. The highest BCUT2D eigenvalue weighted by Gasteiger charge is 2.16. The van der Waals surface area contributed by atoms with Crippen LogP contribution in [-0.2, 0) is 4.79 Å². The van der Waals surface area contributed by atoms with Crippen LogP contribution in [0.2, 0.25) is 5.02 Å². The molecule has 2 aromatic carbocycles. The zero-order valence-electron chi connectivity index (χ0n) is 12.2. The molecule has 0 spiro atoms. The molecule has 0 unspecified atom stereocenters. The van der Waals surface area contributed by atoms with Gasteiger partial charge < -0.3 is 14.6 Å². The van der Waals surface area contributed by atoms with Crippen LogP contribution in [0.3, 0.4) is 0 Å². The minimum atomic E-state index is -1.07. The molecule has 0 aromatic heterocycles. The fourth-order valence-corrected chi connectivity index (χ4v) is 2.22. The minimum Gasteiger partial charge on any atom is -0.497 e. The lowest BCUT2D eigenvalue weighted by Crippen LogP contribution is -2.02. The lowest BCUT2D eigenvalue weighted by atomic mass is 10.0. The lowest BCUT2D eigenvalue weighted by molar-refractivity contribution is -0.130.